The Labute approximate surface area is 79.2 Å². The number of aromatic nitrogens is 1. The van der Waals surface area contributed by atoms with E-state index in [1.165, 1.54) is 18.4 Å². The first-order chi connectivity index (χ1) is 6.25. The van der Waals surface area contributed by atoms with E-state index in [9.17, 15) is 0 Å². The predicted octanol–water partition coefficient (Wildman–Crippen LogP) is 2.19. The normalized spacial score (nSPS) is 18.6. The van der Waals surface area contributed by atoms with Crippen LogP contribution >= 0.6 is 0 Å². The lowest BCUT2D eigenvalue weighted by atomic mass is 10.0. The summed E-state index contributed by atoms with van der Waals surface area (Å²) in [5.74, 6) is 0.892. The Bertz CT molecular complexity index is 292. The van der Waals surface area contributed by atoms with Crippen LogP contribution in [0.1, 0.15) is 36.6 Å². The van der Waals surface area contributed by atoms with E-state index in [4.69, 9.17) is 5.73 Å². The lowest BCUT2D eigenvalue weighted by molar-refractivity contribution is 0.596. The van der Waals surface area contributed by atoms with Gasteiger partial charge in [0.05, 0.1) is 0 Å². The van der Waals surface area contributed by atoms with E-state index < -0.39 is 0 Å². The van der Waals surface area contributed by atoms with Crippen LogP contribution in [0.25, 0.3) is 0 Å². The topological polar surface area (TPSA) is 38.9 Å². The molecule has 1 aliphatic carbocycles. The van der Waals surface area contributed by atoms with Gasteiger partial charge in [0.1, 0.15) is 0 Å². The molecular formula is C11H16N2. The molecule has 0 radical (unpaired) electrons. The molecule has 2 N–H and O–H groups in total. The lowest BCUT2D eigenvalue weighted by Gasteiger charge is -2.11. The van der Waals surface area contributed by atoms with Gasteiger partial charge in [-0.25, -0.2) is 0 Å². The monoisotopic (exact) mass is 176 g/mol. The summed E-state index contributed by atoms with van der Waals surface area (Å²) in [7, 11) is 0. The Balaban J connectivity index is 2.04. The number of nitrogens with two attached hydrogens (primary N) is 1. The second-order valence-corrected chi connectivity index (χ2v) is 4.02. The largest absolute Gasteiger partial charge is 0.324 e. The van der Waals surface area contributed by atoms with Crippen molar-refractivity contribution in [2.24, 2.45) is 11.7 Å². The van der Waals surface area contributed by atoms with Gasteiger partial charge in [-0.1, -0.05) is 12.8 Å². The fourth-order valence-corrected chi connectivity index (χ4v) is 1.65. The summed E-state index contributed by atoms with van der Waals surface area (Å²) in [5.41, 5.74) is 8.37. The molecule has 1 atom stereocenters. The number of rotatable bonds is 3. The molecule has 0 aliphatic heterocycles. The van der Waals surface area contributed by atoms with Crippen molar-refractivity contribution in [2.45, 2.75) is 32.2 Å². The first-order valence-electron chi connectivity index (χ1n) is 4.94. The van der Waals surface area contributed by atoms with Crippen LogP contribution in [0.2, 0.25) is 0 Å². The highest BCUT2D eigenvalue weighted by atomic mass is 14.7. The molecule has 0 aromatic carbocycles. The summed E-state index contributed by atoms with van der Waals surface area (Å²) in [6.45, 7) is 2.01. The first kappa shape index (κ1) is 8.70. The number of aryl methyl sites for hydroxylation is 1. The van der Waals surface area contributed by atoms with Gasteiger partial charge >= 0.3 is 0 Å². The van der Waals surface area contributed by atoms with Gasteiger partial charge in [0.2, 0.25) is 0 Å². The smallest absolute Gasteiger partial charge is 0.0375 e. The quantitative estimate of drug-likeness (QED) is 0.766. The van der Waals surface area contributed by atoms with E-state index in [1.807, 2.05) is 19.2 Å². The SMILES string of the molecule is Cc1cc(C(N)CC2CC2)ccn1. The molecule has 1 fully saturated rings. The predicted molar refractivity (Wildman–Crippen MR) is 53.2 cm³/mol. The number of nitrogens with zero attached hydrogens (tertiary/aromatic N) is 1. The zero-order valence-electron chi connectivity index (χ0n) is 8.03. The number of pyridine rings is 1. The first-order valence-corrected chi connectivity index (χ1v) is 4.94. The highest BCUT2D eigenvalue weighted by molar-refractivity contribution is 5.19. The molecule has 70 valence electrons. The fraction of sp³-hybridized carbons (Fsp3) is 0.545. The van der Waals surface area contributed by atoms with Crippen molar-refractivity contribution >= 4 is 0 Å². The van der Waals surface area contributed by atoms with Gasteiger partial charge in [0.25, 0.3) is 0 Å². The van der Waals surface area contributed by atoms with Crippen molar-refractivity contribution in [3.63, 3.8) is 0 Å². The van der Waals surface area contributed by atoms with E-state index in [0.29, 0.717) is 0 Å². The minimum Gasteiger partial charge on any atom is -0.324 e. The molecule has 0 bridgehead atoms. The van der Waals surface area contributed by atoms with Gasteiger partial charge in [-0.05, 0) is 37.0 Å². The Morgan fingerprint density at radius 3 is 3.00 bits per heavy atom. The van der Waals surface area contributed by atoms with E-state index >= 15 is 0 Å². The Morgan fingerprint density at radius 2 is 2.38 bits per heavy atom. The zero-order valence-corrected chi connectivity index (χ0v) is 8.03. The number of hydrogen-bond donors (Lipinski definition) is 1. The second kappa shape index (κ2) is 3.46. The van der Waals surface area contributed by atoms with Gasteiger partial charge in [0.15, 0.2) is 0 Å². The Kier molecular flexibility index (Phi) is 2.32. The van der Waals surface area contributed by atoms with Gasteiger partial charge in [-0.2, -0.15) is 0 Å². The van der Waals surface area contributed by atoms with Crippen LogP contribution < -0.4 is 5.73 Å². The third-order valence-corrected chi connectivity index (χ3v) is 2.63. The van der Waals surface area contributed by atoms with Gasteiger partial charge in [-0.3, -0.25) is 4.98 Å². The Morgan fingerprint density at radius 1 is 1.62 bits per heavy atom. The van der Waals surface area contributed by atoms with E-state index in [-0.39, 0.29) is 6.04 Å². The molecule has 1 unspecified atom stereocenters. The molecule has 0 spiro atoms. The van der Waals surface area contributed by atoms with Crippen LogP contribution in [0.3, 0.4) is 0 Å². The molecule has 0 amide bonds. The van der Waals surface area contributed by atoms with E-state index in [1.54, 1.807) is 0 Å². The fourth-order valence-electron chi connectivity index (χ4n) is 1.65. The average molecular weight is 176 g/mol. The molecule has 0 saturated heterocycles. The molecule has 1 saturated carbocycles. The maximum Gasteiger partial charge on any atom is 0.0375 e. The summed E-state index contributed by atoms with van der Waals surface area (Å²) in [6, 6.07) is 4.33. The van der Waals surface area contributed by atoms with E-state index in [0.717, 1.165) is 18.0 Å². The number of hydrogen-bond acceptors (Lipinski definition) is 2. The Hall–Kier alpha value is -0.890. The zero-order chi connectivity index (χ0) is 9.26. The van der Waals surface area contributed by atoms with Crippen molar-refractivity contribution in [3.8, 4) is 0 Å². The molecule has 2 heteroatoms. The summed E-state index contributed by atoms with van der Waals surface area (Å²) in [6.07, 6.45) is 5.73. The summed E-state index contributed by atoms with van der Waals surface area (Å²) in [5, 5.41) is 0. The van der Waals surface area contributed by atoms with Crippen molar-refractivity contribution in [3.05, 3.63) is 29.6 Å². The molecular weight excluding hydrogens is 160 g/mol. The van der Waals surface area contributed by atoms with Crippen molar-refractivity contribution < 1.29 is 0 Å². The maximum absolute atomic E-state index is 6.08. The molecule has 1 aromatic rings. The summed E-state index contributed by atoms with van der Waals surface area (Å²) < 4.78 is 0. The van der Waals surface area contributed by atoms with Crippen molar-refractivity contribution in [1.82, 2.24) is 4.98 Å². The van der Waals surface area contributed by atoms with Crippen LogP contribution in [-0.4, -0.2) is 4.98 Å². The van der Waals surface area contributed by atoms with Crippen LogP contribution in [0, 0.1) is 12.8 Å². The highest BCUT2D eigenvalue weighted by Crippen LogP contribution is 2.36. The average Bonchev–Trinajstić information content (AvgIpc) is 2.88. The third-order valence-electron chi connectivity index (χ3n) is 2.63. The maximum atomic E-state index is 6.08. The lowest BCUT2D eigenvalue weighted by Crippen LogP contribution is -2.11. The van der Waals surface area contributed by atoms with Gasteiger partial charge in [-0.15, -0.1) is 0 Å². The molecule has 13 heavy (non-hydrogen) atoms. The van der Waals surface area contributed by atoms with Crippen LogP contribution in [0.5, 0.6) is 0 Å². The van der Waals surface area contributed by atoms with Crippen molar-refractivity contribution in [1.29, 1.82) is 0 Å². The summed E-state index contributed by atoms with van der Waals surface area (Å²) in [4.78, 5) is 4.16. The van der Waals surface area contributed by atoms with Crippen LogP contribution in [-0.2, 0) is 0 Å². The summed E-state index contributed by atoms with van der Waals surface area (Å²) >= 11 is 0. The van der Waals surface area contributed by atoms with Gasteiger partial charge < -0.3 is 5.73 Å². The van der Waals surface area contributed by atoms with E-state index in [2.05, 4.69) is 11.1 Å². The molecule has 2 nitrogen and oxygen atoms in total. The second-order valence-electron chi connectivity index (χ2n) is 4.02. The van der Waals surface area contributed by atoms with Crippen LogP contribution in [0.4, 0.5) is 0 Å². The minimum atomic E-state index is 0.217. The minimum absolute atomic E-state index is 0.217. The standard InChI is InChI=1S/C11H16N2/c1-8-6-10(4-5-13-8)11(12)7-9-2-3-9/h4-6,9,11H,2-3,7,12H2,1H3. The third kappa shape index (κ3) is 2.28. The highest BCUT2D eigenvalue weighted by Gasteiger charge is 2.24. The molecule has 1 aliphatic rings. The van der Waals surface area contributed by atoms with Gasteiger partial charge in [0, 0.05) is 17.9 Å². The molecule has 2 rings (SSSR count). The van der Waals surface area contributed by atoms with Crippen molar-refractivity contribution in [2.75, 3.05) is 0 Å². The van der Waals surface area contributed by atoms with Crippen LogP contribution in [0.15, 0.2) is 18.3 Å². The molecule has 1 aromatic heterocycles. The molecule has 1 heterocycles.